The van der Waals surface area contributed by atoms with Crippen molar-refractivity contribution in [3.05, 3.63) is 24.3 Å². The van der Waals surface area contributed by atoms with Gasteiger partial charge in [0.05, 0.1) is 9.79 Å². The summed E-state index contributed by atoms with van der Waals surface area (Å²) in [5.74, 6) is 0. The molecule has 0 aliphatic heterocycles. The topological polar surface area (TPSA) is 97.5 Å². The van der Waals surface area contributed by atoms with Crippen LogP contribution in [0.15, 0.2) is 34.1 Å². The summed E-state index contributed by atoms with van der Waals surface area (Å²) in [5, 5.41) is 4.95. The normalized spacial score (nSPS) is 17.1. The van der Waals surface area contributed by atoms with Gasteiger partial charge in [-0.25, -0.2) is 22.0 Å². The van der Waals surface area contributed by atoms with Crippen molar-refractivity contribution in [2.24, 2.45) is 5.14 Å². The second-order valence-corrected chi connectivity index (χ2v) is 7.83. The zero-order valence-electron chi connectivity index (χ0n) is 9.78. The van der Waals surface area contributed by atoms with Crippen LogP contribution in [0.25, 0.3) is 0 Å². The molecule has 6 nitrogen and oxygen atoms in total. The summed E-state index contributed by atoms with van der Waals surface area (Å²) >= 11 is 0. The standard InChI is InChI=1S/C10H14N2O4S2/c1-12(8-2-3-8)18(15,16)10-6-4-9(5-7-10)17(11,13)14/h4-8H,2-3H2,1H3,(H2,11,13,14). The molecule has 0 aromatic heterocycles. The molecule has 0 spiro atoms. The van der Waals surface area contributed by atoms with E-state index in [4.69, 9.17) is 5.14 Å². The van der Waals surface area contributed by atoms with Gasteiger partial charge >= 0.3 is 0 Å². The summed E-state index contributed by atoms with van der Waals surface area (Å²) in [5.41, 5.74) is 0. The summed E-state index contributed by atoms with van der Waals surface area (Å²) < 4.78 is 47.7. The van der Waals surface area contributed by atoms with E-state index in [1.807, 2.05) is 0 Å². The molecule has 1 aliphatic carbocycles. The van der Waals surface area contributed by atoms with Crippen LogP contribution >= 0.6 is 0 Å². The highest BCUT2D eigenvalue weighted by atomic mass is 32.2. The molecule has 0 unspecified atom stereocenters. The second kappa shape index (κ2) is 4.30. The first-order valence-electron chi connectivity index (χ1n) is 5.34. The Balaban J connectivity index is 2.35. The van der Waals surface area contributed by atoms with Crippen molar-refractivity contribution >= 4 is 20.0 Å². The molecule has 0 atom stereocenters. The summed E-state index contributed by atoms with van der Waals surface area (Å²) in [6.45, 7) is 0. The third-order valence-electron chi connectivity index (χ3n) is 2.89. The van der Waals surface area contributed by atoms with Crippen LogP contribution in [0.2, 0.25) is 0 Å². The summed E-state index contributed by atoms with van der Waals surface area (Å²) in [7, 11) is -5.81. The fourth-order valence-electron chi connectivity index (χ4n) is 1.60. The Kier molecular flexibility index (Phi) is 3.22. The van der Waals surface area contributed by atoms with Crippen LogP contribution in [0.4, 0.5) is 0 Å². The maximum atomic E-state index is 12.1. The molecule has 8 heteroatoms. The zero-order chi connectivity index (χ0) is 13.6. The van der Waals surface area contributed by atoms with Gasteiger partial charge in [-0.15, -0.1) is 0 Å². The van der Waals surface area contributed by atoms with Gasteiger partial charge < -0.3 is 0 Å². The highest BCUT2D eigenvalue weighted by Crippen LogP contribution is 2.30. The number of benzene rings is 1. The number of nitrogens with zero attached hydrogens (tertiary/aromatic N) is 1. The van der Waals surface area contributed by atoms with E-state index in [-0.39, 0.29) is 15.8 Å². The van der Waals surface area contributed by atoms with Gasteiger partial charge in [-0.2, -0.15) is 4.31 Å². The largest absolute Gasteiger partial charge is 0.243 e. The number of sulfonamides is 2. The number of hydrogen-bond donors (Lipinski definition) is 1. The van der Waals surface area contributed by atoms with Crippen molar-refractivity contribution in [3.63, 3.8) is 0 Å². The molecule has 1 fully saturated rings. The first-order valence-corrected chi connectivity index (χ1v) is 8.32. The molecule has 18 heavy (non-hydrogen) atoms. The molecule has 1 aromatic rings. The lowest BCUT2D eigenvalue weighted by atomic mass is 10.4. The first kappa shape index (κ1) is 13.5. The minimum Gasteiger partial charge on any atom is -0.225 e. The van der Waals surface area contributed by atoms with E-state index in [1.165, 1.54) is 35.6 Å². The predicted octanol–water partition coefficient (Wildman–Crippen LogP) is 0.117. The molecule has 1 aliphatic rings. The molecular weight excluding hydrogens is 276 g/mol. The van der Waals surface area contributed by atoms with Crippen LogP contribution in [0.5, 0.6) is 0 Å². The van der Waals surface area contributed by atoms with E-state index < -0.39 is 20.0 Å². The van der Waals surface area contributed by atoms with Gasteiger partial charge in [0.15, 0.2) is 0 Å². The van der Waals surface area contributed by atoms with Crippen molar-refractivity contribution < 1.29 is 16.8 Å². The zero-order valence-corrected chi connectivity index (χ0v) is 11.4. The first-order chi connectivity index (χ1) is 8.23. The smallest absolute Gasteiger partial charge is 0.225 e. The Hall–Kier alpha value is -0.960. The van der Waals surface area contributed by atoms with E-state index in [9.17, 15) is 16.8 Å². The van der Waals surface area contributed by atoms with Crippen LogP contribution in [0.3, 0.4) is 0 Å². The SMILES string of the molecule is CN(C1CC1)S(=O)(=O)c1ccc(S(N)(=O)=O)cc1. The molecule has 0 bridgehead atoms. The summed E-state index contributed by atoms with van der Waals surface area (Å²) in [4.78, 5) is -0.0279. The van der Waals surface area contributed by atoms with Gasteiger partial charge in [0.2, 0.25) is 20.0 Å². The van der Waals surface area contributed by atoms with Crippen molar-refractivity contribution in [2.75, 3.05) is 7.05 Å². The summed E-state index contributed by atoms with van der Waals surface area (Å²) in [6, 6.07) is 4.97. The molecular formula is C10H14N2O4S2. The maximum absolute atomic E-state index is 12.1. The van der Waals surface area contributed by atoms with Crippen molar-refractivity contribution in [1.29, 1.82) is 0 Å². The monoisotopic (exact) mass is 290 g/mol. The average molecular weight is 290 g/mol. The van der Waals surface area contributed by atoms with Gasteiger partial charge in [0, 0.05) is 13.1 Å². The van der Waals surface area contributed by atoms with Gasteiger partial charge in [0.1, 0.15) is 0 Å². The van der Waals surface area contributed by atoms with Crippen LogP contribution in [-0.2, 0) is 20.0 Å². The molecule has 1 aromatic carbocycles. The Morgan fingerprint density at radius 2 is 1.50 bits per heavy atom. The van der Waals surface area contributed by atoms with E-state index in [1.54, 1.807) is 0 Å². The van der Waals surface area contributed by atoms with Crippen molar-refractivity contribution in [1.82, 2.24) is 4.31 Å². The van der Waals surface area contributed by atoms with Crippen molar-refractivity contribution in [3.8, 4) is 0 Å². The third-order valence-corrected chi connectivity index (χ3v) is 5.74. The minimum absolute atomic E-state index is 0.0629. The van der Waals surface area contributed by atoms with Gasteiger partial charge in [-0.05, 0) is 37.1 Å². The predicted molar refractivity (Wildman–Crippen MR) is 65.8 cm³/mol. The second-order valence-electron chi connectivity index (χ2n) is 4.27. The summed E-state index contributed by atoms with van der Waals surface area (Å²) in [6.07, 6.45) is 1.73. The lowest BCUT2D eigenvalue weighted by molar-refractivity contribution is 0.464. The number of hydrogen-bond acceptors (Lipinski definition) is 4. The molecule has 0 heterocycles. The molecule has 100 valence electrons. The quantitative estimate of drug-likeness (QED) is 0.851. The third kappa shape index (κ3) is 2.56. The lowest BCUT2D eigenvalue weighted by Gasteiger charge is -2.16. The Bertz CT molecular complexity index is 646. The van der Waals surface area contributed by atoms with Crippen LogP contribution in [0, 0.1) is 0 Å². The van der Waals surface area contributed by atoms with E-state index in [0.717, 1.165) is 12.8 Å². The maximum Gasteiger partial charge on any atom is 0.243 e. The van der Waals surface area contributed by atoms with Crippen LogP contribution < -0.4 is 5.14 Å². The molecule has 0 amide bonds. The Labute approximate surface area is 107 Å². The van der Waals surface area contributed by atoms with E-state index in [0.29, 0.717) is 0 Å². The Morgan fingerprint density at radius 3 is 1.89 bits per heavy atom. The molecule has 2 N–H and O–H groups in total. The highest BCUT2D eigenvalue weighted by Gasteiger charge is 2.34. The highest BCUT2D eigenvalue weighted by molar-refractivity contribution is 7.89. The van der Waals surface area contributed by atoms with Crippen molar-refractivity contribution in [2.45, 2.75) is 28.7 Å². The fraction of sp³-hybridized carbons (Fsp3) is 0.400. The number of primary sulfonamides is 1. The molecule has 1 saturated carbocycles. The molecule has 0 saturated heterocycles. The average Bonchev–Trinajstić information content (AvgIpc) is 3.11. The van der Waals surface area contributed by atoms with E-state index >= 15 is 0 Å². The van der Waals surface area contributed by atoms with Crippen LogP contribution in [0.1, 0.15) is 12.8 Å². The van der Waals surface area contributed by atoms with Gasteiger partial charge in [-0.1, -0.05) is 0 Å². The molecule has 2 rings (SSSR count). The molecule has 0 radical (unpaired) electrons. The van der Waals surface area contributed by atoms with Gasteiger partial charge in [0.25, 0.3) is 0 Å². The van der Waals surface area contributed by atoms with E-state index in [2.05, 4.69) is 0 Å². The van der Waals surface area contributed by atoms with Gasteiger partial charge in [-0.3, -0.25) is 0 Å². The fourth-order valence-corrected chi connectivity index (χ4v) is 3.53. The number of nitrogens with two attached hydrogens (primary N) is 1. The van der Waals surface area contributed by atoms with Crippen LogP contribution in [-0.4, -0.2) is 34.2 Å². The minimum atomic E-state index is -3.80. The Morgan fingerprint density at radius 1 is 1.06 bits per heavy atom. The number of rotatable bonds is 4. The lowest BCUT2D eigenvalue weighted by Crippen LogP contribution is -2.28.